The maximum atomic E-state index is 12.9. The van der Waals surface area contributed by atoms with Gasteiger partial charge in [-0.15, -0.1) is 9.24 Å². The number of carbonyl (C=O) groups excluding carboxylic acids is 2. The summed E-state index contributed by atoms with van der Waals surface area (Å²) >= 11 is 11.0. The molecule has 17 heteroatoms. The second kappa shape index (κ2) is 27.4. The summed E-state index contributed by atoms with van der Waals surface area (Å²) in [5.41, 5.74) is 17.9. The van der Waals surface area contributed by atoms with Crippen molar-refractivity contribution in [1.29, 1.82) is 0 Å². The normalized spacial score (nSPS) is 11.5. The lowest BCUT2D eigenvalue weighted by molar-refractivity contribution is 0.102. The highest BCUT2D eigenvalue weighted by atomic mass is 79.9. The van der Waals surface area contributed by atoms with Crippen LogP contribution in [0.3, 0.4) is 0 Å². The fourth-order valence-electron chi connectivity index (χ4n) is 5.19. The molecule has 0 saturated carbocycles. The van der Waals surface area contributed by atoms with Gasteiger partial charge in [0.1, 0.15) is 35.4 Å². The number of alkyl halides is 1. The molecule has 1 heterocycles. The van der Waals surface area contributed by atoms with Crippen molar-refractivity contribution in [2.45, 2.75) is 65.5 Å². The summed E-state index contributed by atoms with van der Waals surface area (Å²) in [6, 6.07) is 30.6. The molecular weight excluding hydrogens is 972 g/mol. The summed E-state index contributed by atoms with van der Waals surface area (Å²) in [6.45, 7) is 13.9. The van der Waals surface area contributed by atoms with Gasteiger partial charge in [0.15, 0.2) is 21.2 Å². The number of nitrogens with one attached hydrogen (secondary N) is 2. The molecule has 1 unspecified atom stereocenters. The molecule has 0 radical (unpaired) electrons. The molecule has 5 aromatic rings. The van der Waals surface area contributed by atoms with Gasteiger partial charge in [0, 0.05) is 39.1 Å². The van der Waals surface area contributed by atoms with E-state index in [1.54, 1.807) is 0 Å². The number of amidine groups is 1. The highest BCUT2D eigenvalue weighted by Gasteiger charge is 2.23. The number of halogens is 1. The molecule has 66 heavy (non-hydrogen) atoms. The lowest BCUT2D eigenvalue weighted by Crippen LogP contribution is -2.43. The topological polar surface area (TPSA) is 160 Å². The Morgan fingerprint density at radius 1 is 0.818 bits per heavy atom. The molecule has 356 valence electrons. The minimum absolute atomic E-state index is 0.0278. The van der Waals surface area contributed by atoms with Crippen LogP contribution in [-0.4, -0.2) is 99.9 Å². The third kappa shape index (κ3) is 18.7. The molecule has 4 aromatic carbocycles. The van der Waals surface area contributed by atoms with E-state index in [0.717, 1.165) is 52.3 Å². The van der Waals surface area contributed by atoms with Gasteiger partial charge in [-0.1, -0.05) is 89.3 Å². The molecule has 12 nitrogen and oxygen atoms in total. The molecule has 0 aliphatic rings. The van der Waals surface area contributed by atoms with Gasteiger partial charge in [-0.05, 0) is 153 Å². The average molecular weight is 1040 g/mol. The highest BCUT2D eigenvalue weighted by molar-refractivity contribution is 9.09. The van der Waals surface area contributed by atoms with Crippen LogP contribution in [0.5, 0.6) is 11.5 Å². The van der Waals surface area contributed by atoms with Gasteiger partial charge in [-0.25, -0.2) is 4.98 Å². The molecular formula is C49H66BrN8O4PS3. The lowest BCUT2D eigenvalue weighted by atomic mass is 10.1. The van der Waals surface area contributed by atoms with Crippen LogP contribution in [0.2, 0.25) is 0 Å². The number of anilines is 4. The summed E-state index contributed by atoms with van der Waals surface area (Å²) in [4.78, 5) is 37.3. The number of aryl methyl sites for hydroxylation is 2. The van der Waals surface area contributed by atoms with Gasteiger partial charge in [0.05, 0.1) is 5.33 Å². The Kier molecular flexibility index (Phi) is 23.2. The number of thiazole rings is 1. The number of rotatable bonds is 18. The van der Waals surface area contributed by atoms with Crippen LogP contribution in [0.1, 0.15) is 78.3 Å². The van der Waals surface area contributed by atoms with Crippen molar-refractivity contribution in [2.24, 2.45) is 10.7 Å². The number of hydrogen-bond acceptors (Lipinski definition) is 12. The quantitative estimate of drug-likeness (QED) is 0.0164. The number of Topliss-reactive ketones (excluding diaryl/α,β-unsaturated/α-hetero) is 1. The number of ketones is 2. The molecule has 0 bridgehead atoms. The van der Waals surface area contributed by atoms with Crippen molar-refractivity contribution >= 4 is 105 Å². The van der Waals surface area contributed by atoms with Crippen LogP contribution in [0, 0.1) is 0 Å². The Hall–Kier alpha value is -4.41. The third-order valence-electron chi connectivity index (χ3n) is 10.5. The zero-order chi connectivity index (χ0) is 49.0. The number of aromatic nitrogens is 1. The first kappa shape index (κ1) is 55.9. The molecule has 0 amide bonds. The molecule has 5 rings (SSSR count). The van der Waals surface area contributed by atoms with Gasteiger partial charge in [-0.2, -0.15) is 4.99 Å². The van der Waals surface area contributed by atoms with E-state index in [-0.39, 0.29) is 28.5 Å². The number of ether oxygens (including phenoxy) is 2. The standard InChI is InChI=1S/C24H30N4O2S.C15H25N4OPS2.C10H11BrO/c1-6-16-8-7-9-17(14-16)20(29)21-22(25)27-23(31-21)26-18-10-12-19(13-11-18)30-15-24(2,3)28(4)5;1-15(2,19(3)4)9-20-12-7-5-11(6-8-12)17-14(22)18-13(16)23-10-21;1-2-8-4-3-5-9(6-8)10(12)7-11/h7-14H,6,15,25H2,1-5H3,(H,26,27);5-8H,9-10,21H2,1-4H3,(H3,16,17,18,22);3-6H,2,7H2,1H3. The summed E-state index contributed by atoms with van der Waals surface area (Å²) in [7, 11) is 10.7. The minimum atomic E-state index is -0.106. The first-order valence-electron chi connectivity index (χ1n) is 21.3. The van der Waals surface area contributed by atoms with Gasteiger partial charge in [0.25, 0.3) is 0 Å². The van der Waals surface area contributed by atoms with E-state index >= 15 is 0 Å². The van der Waals surface area contributed by atoms with E-state index in [0.29, 0.717) is 44.4 Å². The predicted octanol–water partition coefficient (Wildman–Crippen LogP) is 10.8. The summed E-state index contributed by atoms with van der Waals surface area (Å²) in [5, 5.41) is 8.02. The van der Waals surface area contributed by atoms with Crippen molar-refractivity contribution in [1.82, 2.24) is 14.8 Å². The van der Waals surface area contributed by atoms with E-state index in [9.17, 15) is 9.59 Å². The van der Waals surface area contributed by atoms with E-state index in [4.69, 9.17) is 33.2 Å². The third-order valence-corrected chi connectivity index (χ3v) is 13.2. The molecule has 1 atom stereocenters. The molecule has 0 fully saturated rings. The fraction of sp³-hybridized carbons (Fsp3) is 0.367. The number of nitrogens with zero attached hydrogens (tertiary/aromatic N) is 4. The predicted molar refractivity (Wildman–Crippen MR) is 292 cm³/mol. The first-order chi connectivity index (χ1) is 31.2. The summed E-state index contributed by atoms with van der Waals surface area (Å²) in [5.74, 6) is 1.89. The van der Waals surface area contributed by atoms with Crippen LogP contribution in [-0.2, 0) is 12.8 Å². The molecule has 6 N–H and O–H groups in total. The van der Waals surface area contributed by atoms with Crippen LogP contribution >= 0.6 is 60.5 Å². The van der Waals surface area contributed by atoms with Gasteiger partial charge in [0.2, 0.25) is 5.78 Å². The van der Waals surface area contributed by atoms with Crippen molar-refractivity contribution in [3.8, 4) is 11.5 Å². The number of carbonyl (C=O) groups is 2. The molecule has 0 aliphatic carbocycles. The summed E-state index contributed by atoms with van der Waals surface area (Å²) < 4.78 is 11.7. The maximum Gasteiger partial charge on any atom is 0.206 e. The highest BCUT2D eigenvalue weighted by Crippen LogP contribution is 2.31. The molecule has 0 spiro atoms. The zero-order valence-electron chi connectivity index (χ0n) is 39.7. The van der Waals surface area contributed by atoms with Crippen LogP contribution in [0.15, 0.2) is 102 Å². The second-order valence-corrected chi connectivity index (χ2v) is 20.6. The summed E-state index contributed by atoms with van der Waals surface area (Å²) in [6.07, 6.45) is 1.85. The van der Waals surface area contributed by atoms with Crippen LogP contribution < -0.4 is 31.6 Å². The van der Waals surface area contributed by atoms with E-state index in [1.807, 2.05) is 125 Å². The van der Waals surface area contributed by atoms with Crippen molar-refractivity contribution < 1.29 is 19.1 Å². The number of hydrogen-bond donors (Lipinski definition) is 4. The van der Waals surface area contributed by atoms with E-state index in [2.05, 4.69) is 97.1 Å². The number of likely N-dealkylation sites (N-methyl/N-ethyl adjacent to an activating group) is 2. The number of nitrogens with two attached hydrogens (primary N) is 2. The Balaban J connectivity index is 0.000000289. The molecule has 1 aromatic heterocycles. The Morgan fingerprint density at radius 3 is 1.77 bits per heavy atom. The van der Waals surface area contributed by atoms with Crippen molar-refractivity contribution in [2.75, 3.05) is 68.6 Å². The first-order valence-corrected chi connectivity index (χ1v) is 25.5. The van der Waals surface area contributed by atoms with Crippen LogP contribution in [0.25, 0.3) is 0 Å². The Morgan fingerprint density at radius 2 is 1.30 bits per heavy atom. The largest absolute Gasteiger partial charge is 0.492 e. The molecule has 0 aliphatic heterocycles. The SMILES string of the molecule is CCc1cccc(C(=O)CBr)c1.CCc1cccc(C(=O)c2sc(Nc3ccc(OCC(C)(C)N(C)C)cc3)nc2N)c1.CN(C)C(C)(C)COc1ccc(NC(=S)N=C(N)SCP)cc1. The monoisotopic (exact) mass is 1040 g/mol. The molecule has 0 saturated heterocycles. The van der Waals surface area contributed by atoms with Crippen molar-refractivity contribution in [3.05, 3.63) is 124 Å². The lowest BCUT2D eigenvalue weighted by Gasteiger charge is -2.32. The minimum Gasteiger partial charge on any atom is -0.492 e. The number of benzene rings is 4. The second-order valence-electron chi connectivity index (χ2n) is 16.6. The van der Waals surface area contributed by atoms with E-state index in [1.165, 1.54) is 28.7 Å². The Bertz CT molecular complexity index is 2360. The van der Waals surface area contributed by atoms with E-state index < -0.39 is 0 Å². The number of nitrogen functional groups attached to an aromatic ring is 1. The smallest absolute Gasteiger partial charge is 0.206 e. The number of aliphatic imine (C=N–C) groups is 1. The number of thiocarbonyl (C=S) groups is 1. The van der Waals surface area contributed by atoms with Gasteiger partial charge < -0.3 is 41.4 Å². The van der Waals surface area contributed by atoms with Gasteiger partial charge in [-0.3, -0.25) is 9.59 Å². The average Bonchev–Trinajstić information content (AvgIpc) is 3.67. The van der Waals surface area contributed by atoms with Gasteiger partial charge >= 0.3 is 0 Å². The van der Waals surface area contributed by atoms with Crippen molar-refractivity contribution in [3.63, 3.8) is 0 Å². The zero-order valence-corrected chi connectivity index (χ0v) is 44.9. The fourth-order valence-corrected chi connectivity index (χ4v) is 7.50. The van der Waals surface area contributed by atoms with Crippen LogP contribution in [0.4, 0.5) is 22.3 Å². The maximum absolute atomic E-state index is 12.9. The number of thioether (sulfide) groups is 1. The Labute approximate surface area is 416 Å².